The smallest absolute Gasteiger partial charge is 0.187 e. The molecule has 0 fully saturated rings. The molecule has 3 aromatic carbocycles. The fraction of sp³-hybridized carbons (Fsp3) is 0.174. The Labute approximate surface area is 158 Å². The highest BCUT2D eigenvalue weighted by Crippen LogP contribution is 2.30. The number of nitrogens with zero attached hydrogens (tertiary/aromatic N) is 1. The van der Waals surface area contributed by atoms with Crippen LogP contribution < -0.4 is 5.32 Å². The van der Waals surface area contributed by atoms with Gasteiger partial charge in [0.05, 0.1) is 5.69 Å². The first-order chi connectivity index (χ1) is 12.7. The molecule has 2 nitrogen and oxygen atoms in total. The van der Waals surface area contributed by atoms with E-state index in [1.807, 2.05) is 0 Å². The Morgan fingerprint density at radius 1 is 0.923 bits per heavy atom. The first kappa shape index (κ1) is 16.8. The number of fused-ring (bicyclic) bond motifs is 1. The predicted octanol–water partition coefficient (Wildman–Crippen LogP) is 6.91. The lowest BCUT2D eigenvalue weighted by Gasteiger charge is -2.07. The molecule has 0 atom stereocenters. The predicted molar refractivity (Wildman–Crippen MR) is 113 cm³/mol. The Balaban J connectivity index is 1.56. The Kier molecular flexibility index (Phi) is 4.72. The number of anilines is 2. The van der Waals surface area contributed by atoms with Gasteiger partial charge in [-0.3, -0.25) is 0 Å². The summed E-state index contributed by atoms with van der Waals surface area (Å²) in [6.45, 7) is 4.50. The molecule has 0 amide bonds. The van der Waals surface area contributed by atoms with E-state index >= 15 is 0 Å². The molecule has 26 heavy (non-hydrogen) atoms. The summed E-state index contributed by atoms with van der Waals surface area (Å²) in [5.74, 6) is 0.677. The van der Waals surface area contributed by atoms with Crippen LogP contribution in [0.3, 0.4) is 0 Å². The van der Waals surface area contributed by atoms with Gasteiger partial charge in [0.25, 0.3) is 0 Å². The Morgan fingerprint density at radius 3 is 2.50 bits per heavy atom. The fourth-order valence-corrected chi connectivity index (χ4v) is 3.93. The Morgan fingerprint density at radius 2 is 1.69 bits per heavy atom. The summed E-state index contributed by atoms with van der Waals surface area (Å²) < 4.78 is 0. The number of nitrogens with one attached hydrogen (secondary N) is 1. The van der Waals surface area contributed by atoms with Crippen molar-refractivity contribution in [2.24, 2.45) is 5.92 Å². The third-order valence-electron chi connectivity index (χ3n) is 4.43. The van der Waals surface area contributed by atoms with Crippen LogP contribution in [-0.2, 0) is 6.42 Å². The van der Waals surface area contributed by atoms with Gasteiger partial charge in [-0.25, -0.2) is 4.98 Å². The van der Waals surface area contributed by atoms with E-state index in [0.29, 0.717) is 5.92 Å². The molecule has 4 rings (SSSR count). The van der Waals surface area contributed by atoms with Gasteiger partial charge >= 0.3 is 0 Å². The molecule has 0 saturated heterocycles. The molecule has 0 unspecified atom stereocenters. The van der Waals surface area contributed by atoms with Crippen molar-refractivity contribution in [2.45, 2.75) is 20.3 Å². The van der Waals surface area contributed by atoms with Crippen LogP contribution in [0.4, 0.5) is 10.8 Å². The molecular formula is C23H22N2S. The van der Waals surface area contributed by atoms with Crippen LogP contribution in [0.25, 0.3) is 22.0 Å². The molecular weight excluding hydrogens is 336 g/mol. The van der Waals surface area contributed by atoms with Gasteiger partial charge in [0.15, 0.2) is 5.13 Å². The first-order valence-electron chi connectivity index (χ1n) is 8.98. The normalized spacial score (nSPS) is 11.2. The molecule has 1 aromatic heterocycles. The van der Waals surface area contributed by atoms with Crippen LogP contribution in [0.5, 0.6) is 0 Å². The zero-order valence-corrected chi connectivity index (χ0v) is 15.9. The average Bonchev–Trinajstić information content (AvgIpc) is 3.11. The van der Waals surface area contributed by atoms with Crippen molar-refractivity contribution in [1.82, 2.24) is 4.98 Å². The second-order valence-electron chi connectivity index (χ2n) is 6.98. The minimum atomic E-state index is 0.677. The molecule has 0 aliphatic rings. The topological polar surface area (TPSA) is 24.9 Å². The van der Waals surface area contributed by atoms with Crippen LogP contribution in [0.1, 0.15) is 19.4 Å². The van der Waals surface area contributed by atoms with Gasteiger partial charge in [-0.05, 0) is 29.4 Å². The van der Waals surface area contributed by atoms with E-state index < -0.39 is 0 Å². The zero-order valence-electron chi connectivity index (χ0n) is 15.1. The van der Waals surface area contributed by atoms with E-state index in [2.05, 4.69) is 91.3 Å². The number of hydrogen-bond donors (Lipinski definition) is 1. The lowest BCUT2D eigenvalue weighted by Crippen LogP contribution is -1.93. The van der Waals surface area contributed by atoms with Crippen molar-refractivity contribution in [3.05, 3.63) is 77.7 Å². The summed E-state index contributed by atoms with van der Waals surface area (Å²) in [7, 11) is 0. The maximum atomic E-state index is 4.78. The summed E-state index contributed by atoms with van der Waals surface area (Å²) >= 11 is 1.64. The minimum absolute atomic E-state index is 0.677. The summed E-state index contributed by atoms with van der Waals surface area (Å²) in [5, 5.41) is 8.96. The Bertz CT molecular complexity index is 1010. The van der Waals surface area contributed by atoms with Gasteiger partial charge in [0.2, 0.25) is 0 Å². The minimum Gasteiger partial charge on any atom is -0.331 e. The zero-order chi connectivity index (χ0) is 17.9. The standard InChI is InChI=1S/C23H22N2S/c1-16(2)14-17-10-12-19(13-11-17)22-15-26-23(25-22)24-21-9-5-7-18-6-3-4-8-20(18)21/h3-13,15-16H,14H2,1-2H3,(H,24,25). The summed E-state index contributed by atoms with van der Waals surface area (Å²) in [4.78, 5) is 4.78. The van der Waals surface area contributed by atoms with Gasteiger partial charge < -0.3 is 5.32 Å². The van der Waals surface area contributed by atoms with Crippen molar-refractivity contribution in [3.8, 4) is 11.3 Å². The number of aromatic nitrogens is 1. The van der Waals surface area contributed by atoms with Crippen LogP contribution in [-0.4, -0.2) is 4.98 Å². The molecule has 0 spiro atoms. The van der Waals surface area contributed by atoms with Gasteiger partial charge in [0.1, 0.15) is 0 Å². The van der Waals surface area contributed by atoms with Crippen molar-refractivity contribution in [3.63, 3.8) is 0 Å². The van der Waals surface area contributed by atoms with Crippen molar-refractivity contribution < 1.29 is 0 Å². The molecule has 4 aromatic rings. The van der Waals surface area contributed by atoms with Crippen LogP contribution in [0.2, 0.25) is 0 Å². The van der Waals surface area contributed by atoms with Gasteiger partial charge in [0, 0.05) is 22.0 Å². The third-order valence-corrected chi connectivity index (χ3v) is 5.19. The fourth-order valence-electron chi connectivity index (χ4n) is 3.20. The van der Waals surface area contributed by atoms with E-state index in [9.17, 15) is 0 Å². The lowest BCUT2D eigenvalue weighted by molar-refractivity contribution is 0.647. The number of benzene rings is 3. The highest BCUT2D eigenvalue weighted by Gasteiger charge is 2.07. The van der Waals surface area contributed by atoms with E-state index in [1.165, 1.54) is 21.9 Å². The van der Waals surface area contributed by atoms with Gasteiger partial charge in [-0.15, -0.1) is 11.3 Å². The molecule has 0 aliphatic carbocycles. The second-order valence-corrected chi connectivity index (χ2v) is 7.84. The molecule has 0 saturated carbocycles. The van der Waals surface area contributed by atoms with E-state index in [4.69, 9.17) is 4.98 Å². The first-order valence-corrected chi connectivity index (χ1v) is 9.86. The van der Waals surface area contributed by atoms with Crippen LogP contribution in [0.15, 0.2) is 72.1 Å². The third kappa shape index (κ3) is 3.63. The number of thiazole rings is 1. The average molecular weight is 359 g/mol. The van der Waals surface area contributed by atoms with Crippen molar-refractivity contribution in [1.29, 1.82) is 0 Å². The second kappa shape index (κ2) is 7.30. The van der Waals surface area contributed by atoms with E-state index in [-0.39, 0.29) is 0 Å². The summed E-state index contributed by atoms with van der Waals surface area (Å²) in [5.41, 5.74) is 4.66. The van der Waals surface area contributed by atoms with E-state index in [1.54, 1.807) is 11.3 Å². The monoisotopic (exact) mass is 358 g/mol. The van der Waals surface area contributed by atoms with Gasteiger partial charge in [-0.2, -0.15) is 0 Å². The van der Waals surface area contributed by atoms with Crippen molar-refractivity contribution in [2.75, 3.05) is 5.32 Å². The van der Waals surface area contributed by atoms with Gasteiger partial charge in [-0.1, -0.05) is 74.5 Å². The molecule has 130 valence electrons. The quantitative estimate of drug-likeness (QED) is 0.419. The lowest BCUT2D eigenvalue weighted by atomic mass is 10.0. The molecule has 0 aliphatic heterocycles. The molecule has 1 N–H and O–H groups in total. The highest BCUT2D eigenvalue weighted by molar-refractivity contribution is 7.14. The SMILES string of the molecule is CC(C)Cc1ccc(-c2csc(Nc3cccc4ccccc34)n2)cc1. The van der Waals surface area contributed by atoms with Crippen molar-refractivity contribution >= 4 is 32.9 Å². The van der Waals surface area contributed by atoms with Crippen LogP contribution in [0, 0.1) is 5.92 Å². The molecule has 0 bridgehead atoms. The highest BCUT2D eigenvalue weighted by atomic mass is 32.1. The maximum absolute atomic E-state index is 4.78. The largest absolute Gasteiger partial charge is 0.331 e. The molecule has 1 heterocycles. The summed E-state index contributed by atoms with van der Waals surface area (Å²) in [6, 6.07) is 23.5. The van der Waals surface area contributed by atoms with Crippen LogP contribution >= 0.6 is 11.3 Å². The number of hydrogen-bond acceptors (Lipinski definition) is 3. The maximum Gasteiger partial charge on any atom is 0.187 e. The van der Waals surface area contributed by atoms with E-state index in [0.717, 1.165) is 22.9 Å². The molecule has 3 heteroatoms. The molecule has 0 radical (unpaired) electrons. The number of rotatable bonds is 5. The summed E-state index contributed by atoms with van der Waals surface area (Å²) in [6.07, 6.45) is 1.12. The Hall–Kier alpha value is -2.65.